The van der Waals surface area contributed by atoms with Gasteiger partial charge in [0.25, 0.3) is 0 Å². The van der Waals surface area contributed by atoms with Crippen LogP contribution in [0.1, 0.15) is 58.7 Å². The second-order valence-corrected chi connectivity index (χ2v) is 13.4. The monoisotopic (exact) mass is 648 g/mol. The van der Waals surface area contributed by atoms with Crippen LogP contribution in [0.15, 0.2) is 54.6 Å². The molecule has 7 rings (SSSR count). The summed E-state index contributed by atoms with van der Waals surface area (Å²) in [5.41, 5.74) is 2.86. The number of carboxylic acids is 1. The molecule has 11 heteroatoms. The van der Waals surface area contributed by atoms with Crippen molar-refractivity contribution in [2.24, 2.45) is 0 Å². The van der Waals surface area contributed by atoms with Gasteiger partial charge in [0.15, 0.2) is 5.65 Å². The fraction of sp³-hybridized carbons (Fsp3) is 0.417. The zero-order chi connectivity index (χ0) is 34.1. The maximum Gasteiger partial charge on any atom is 0.308 e. The number of aliphatic hydroxyl groups is 1. The lowest BCUT2D eigenvalue weighted by Crippen LogP contribution is -2.45. The third-order valence-corrected chi connectivity index (χ3v) is 8.04. The Labute approximate surface area is 273 Å². The van der Waals surface area contributed by atoms with Gasteiger partial charge in [-0.25, -0.2) is 13.8 Å². The van der Waals surface area contributed by atoms with Gasteiger partial charge >= 0.3 is 5.97 Å². The molecule has 5 heterocycles. The van der Waals surface area contributed by atoms with Gasteiger partial charge in [0.1, 0.15) is 29.3 Å². The Morgan fingerprint density at radius 2 is 1.79 bits per heavy atom. The molecule has 0 spiro atoms. The Hall–Kier alpha value is -4.35. The fourth-order valence-corrected chi connectivity index (χ4v) is 5.79. The number of piperidine rings is 1. The van der Waals surface area contributed by atoms with E-state index in [1.54, 1.807) is 50.4 Å². The second kappa shape index (κ2) is 13.4. The Morgan fingerprint density at radius 1 is 1.11 bits per heavy atom. The predicted octanol–water partition coefficient (Wildman–Crippen LogP) is 6.77. The summed E-state index contributed by atoms with van der Waals surface area (Å²) >= 11 is 0. The van der Waals surface area contributed by atoms with E-state index in [0.717, 1.165) is 18.9 Å². The van der Waals surface area contributed by atoms with Gasteiger partial charge in [-0.05, 0) is 72.1 Å². The van der Waals surface area contributed by atoms with Crippen molar-refractivity contribution in [3.63, 3.8) is 0 Å². The molecule has 0 amide bonds. The van der Waals surface area contributed by atoms with Gasteiger partial charge in [0.05, 0.1) is 35.5 Å². The third-order valence-electron chi connectivity index (χ3n) is 8.04. The Balaban J connectivity index is 0.000000807. The number of aliphatic carboxylic acids is 1. The molecule has 0 saturated carbocycles. The molecular formula is C36H42F2N4O5. The minimum atomic E-state index is -0.948. The highest BCUT2D eigenvalue weighted by Crippen LogP contribution is 2.38. The van der Waals surface area contributed by atoms with Gasteiger partial charge in [-0.1, -0.05) is 24.3 Å². The summed E-state index contributed by atoms with van der Waals surface area (Å²) in [5.74, 6) is -1.62. The fourth-order valence-electron chi connectivity index (χ4n) is 5.79. The van der Waals surface area contributed by atoms with Crippen molar-refractivity contribution in [1.29, 1.82) is 0 Å². The molecule has 9 nitrogen and oxygen atoms in total. The van der Waals surface area contributed by atoms with Gasteiger partial charge in [0, 0.05) is 48.1 Å². The number of nitrogens with zero attached hydrogens (tertiary/aromatic N) is 4. The number of anilines is 1. The van der Waals surface area contributed by atoms with Crippen LogP contribution in [-0.4, -0.2) is 67.8 Å². The maximum atomic E-state index is 15.3. The quantitative estimate of drug-likeness (QED) is 0.230. The molecule has 2 aromatic carbocycles. The highest BCUT2D eigenvalue weighted by molar-refractivity contribution is 5.78. The molecule has 0 aliphatic carbocycles. The summed E-state index contributed by atoms with van der Waals surface area (Å²) in [6.45, 7) is 12.6. The molecule has 2 aromatic heterocycles. The van der Waals surface area contributed by atoms with Crippen LogP contribution in [0, 0.1) is 18.6 Å². The molecule has 250 valence electrons. The third kappa shape index (κ3) is 8.15. The number of carboxylic acid groups (broad SMARTS) is 1. The van der Waals surface area contributed by atoms with Gasteiger partial charge in [-0.2, -0.15) is 9.61 Å². The topological polar surface area (TPSA) is 109 Å². The van der Waals surface area contributed by atoms with Crippen molar-refractivity contribution >= 4 is 17.4 Å². The molecule has 4 aromatic rings. The second-order valence-electron chi connectivity index (χ2n) is 13.4. The van der Waals surface area contributed by atoms with Crippen LogP contribution in [0.25, 0.3) is 28.0 Å². The normalized spacial score (nSPS) is 20.4. The van der Waals surface area contributed by atoms with Gasteiger partial charge in [-0.15, -0.1) is 0 Å². The van der Waals surface area contributed by atoms with Gasteiger partial charge < -0.3 is 24.6 Å². The van der Waals surface area contributed by atoms with Gasteiger partial charge in [-0.3, -0.25) is 4.79 Å². The summed E-state index contributed by atoms with van der Waals surface area (Å²) in [6, 6.07) is 11.0. The molecular weight excluding hydrogens is 606 g/mol. The molecule has 3 aliphatic heterocycles. The van der Waals surface area contributed by atoms with Crippen LogP contribution in [0.5, 0.6) is 5.75 Å². The van der Waals surface area contributed by atoms with Crippen molar-refractivity contribution in [2.75, 3.05) is 24.6 Å². The van der Waals surface area contributed by atoms with Gasteiger partial charge in [0.2, 0.25) is 0 Å². The molecule has 1 saturated heterocycles. The van der Waals surface area contributed by atoms with Crippen molar-refractivity contribution in [3.05, 3.63) is 77.5 Å². The smallest absolute Gasteiger partial charge is 0.308 e. The predicted molar refractivity (Wildman–Crippen MR) is 177 cm³/mol. The molecule has 2 N–H and O–H groups in total. The lowest BCUT2D eigenvalue weighted by molar-refractivity contribution is -0.136. The average Bonchev–Trinajstić information content (AvgIpc) is 3.38. The minimum Gasteiger partial charge on any atom is -0.486 e. The number of aryl methyl sites for hydroxylation is 1. The summed E-state index contributed by atoms with van der Waals surface area (Å²) < 4.78 is 43.6. The highest BCUT2D eigenvalue weighted by Gasteiger charge is 2.33. The molecule has 47 heavy (non-hydrogen) atoms. The highest BCUT2D eigenvalue weighted by atomic mass is 19.1. The first-order valence-electron chi connectivity index (χ1n) is 15.8. The number of carbonyl (C=O) groups is 1. The first-order valence-corrected chi connectivity index (χ1v) is 15.8. The van der Waals surface area contributed by atoms with E-state index in [9.17, 15) is 14.3 Å². The van der Waals surface area contributed by atoms with Crippen LogP contribution in [-0.2, 0) is 16.0 Å². The average molecular weight is 649 g/mol. The van der Waals surface area contributed by atoms with E-state index in [1.807, 2.05) is 31.2 Å². The number of benzene rings is 2. The van der Waals surface area contributed by atoms with E-state index in [2.05, 4.69) is 11.8 Å². The molecule has 0 radical (unpaired) electrons. The van der Waals surface area contributed by atoms with Crippen molar-refractivity contribution in [3.8, 4) is 28.1 Å². The van der Waals surface area contributed by atoms with E-state index in [0.29, 0.717) is 59.2 Å². The van der Waals surface area contributed by atoms with Crippen molar-refractivity contribution in [1.82, 2.24) is 14.6 Å². The van der Waals surface area contributed by atoms with Crippen LogP contribution in [0.2, 0.25) is 0 Å². The Morgan fingerprint density at radius 3 is 2.47 bits per heavy atom. The van der Waals surface area contributed by atoms with Crippen molar-refractivity contribution in [2.45, 2.75) is 78.1 Å². The van der Waals surface area contributed by atoms with Crippen LogP contribution >= 0.6 is 0 Å². The van der Waals surface area contributed by atoms with E-state index < -0.39 is 29.3 Å². The summed E-state index contributed by atoms with van der Waals surface area (Å²) in [7, 11) is 0. The summed E-state index contributed by atoms with van der Waals surface area (Å²) in [5, 5.41) is 23.1. The molecule has 1 fully saturated rings. The summed E-state index contributed by atoms with van der Waals surface area (Å²) in [4.78, 5) is 18.7. The first-order chi connectivity index (χ1) is 22.1. The Bertz CT molecular complexity index is 1800. The molecule has 6 bridgehead atoms. The van der Waals surface area contributed by atoms with E-state index in [4.69, 9.17) is 24.7 Å². The Kier molecular flexibility index (Phi) is 9.70. The summed E-state index contributed by atoms with van der Waals surface area (Å²) in [6.07, 6.45) is 4.48. The SMILES string of the molecule is CC(C)(C)O.Cc1nc2cc3nn2c(c1CC(=O)O)N1CCC(C)(CC1)OC/C=C/C(C)Oc1cc(F)cc(F)c1-c1cccc-3c1. The van der Waals surface area contributed by atoms with E-state index in [-0.39, 0.29) is 23.3 Å². The molecule has 1 atom stereocenters. The molecule has 3 aliphatic rings. The number of halogens is 2. The number of fused-ring (bicyclic) bond motifs is 6. The number of ether oxygens (including phenoxy) is 2. The zero-order valence-corrected chi connectivity index (χ0v) is 27.7. The minimum absolute atomic E-state index is 0.0897. The largest absolute Gasteiger partial charge is 0.486 e. The lowest BCUT2D eigenvalue weighted by atomic mass is 9.93. The van der Waals surface area contributed by atoms with Crippen LogP contribution < -0.4 is 9.64 Å². The van der Waals surface area contributed by atoms with Crippen LogP contribution in [0.3, 0.4) is 0 Å². The van der Waals surface area contributed by atoms with E-state index >= 15 is 4.39 Å². The van der Waals surface area contributed by atoms with E-state index in [1.165, 1.54) is 6.07 Å². The number of rotatable bonds is 2. The maximum absolute atomic E-state index is 15.3. The standard InChI is InChI=1S/C32H32F2N4O4.C4H10O/c1-19-6-5-13-41-32(3)9-11-37(12-10-32)31-24(17-29(39)40)20(2)35-28-18-26(36-38(28)31)21-7-4-8-22(14-21)30-25(34)15-23(33)16-27(30)42-19;1-4(2,3)5/h4-8,14-16,18-19H,9-13,17H2,1-3H3,(H,39,40);5H,1-3H3/b6-5+;. The van der Waals surface area contributed by atoms with Crippen molar-refractivity contribution < 1.29 is 33.3 Å². The molecule has 1 unspecified atom stereocenters. The first kappa shape index (κ1) is 34.0. The zero-order valence-electron chi connectivity index (χ0n) is 27.7. The number of hydrogen-bond acceptors (Lipinski definition) is 7. The lowest BCUT2D eigenvalue weighted by Gasteiger charge is -2.40. The number of aromatic nitrogens is 3. The van der Waals surface area contributed by atoms with Crippen LogP contribution in [0.4, 0.5) is 14.6 Å². The number of hydrogen-bond donors (Lipinski definition) is 2.